The van der Waals surface area contributed by atoms with Crippen molar-refractivity contribution in [3.05, 3.63) is 34.4 Å². The van der Waals surface area contributed by atoms with Crippen LogP contribution >= 0.6 is 0 Å². The molecule has 0 saturated heterocycles. The third-order valence-corrected chi connectivity index (χ3v) is 1.59. The lowest BCUT2D eigenvalue weighted by molar-refractivity contribution is -0.604. The zero-order chi connectivity index (χ0) is 9.90. The summed E-state index contributed by atoms with van der Waals surface area (Å²) >= 11 is 0. The maximum Gasteiger partial charge on any atom is 0.511 e. The molecule has 13 heavy (non-hydrogen) atoms. The molecule has 0 spiro atoms. The van der Waals surface area contributed by atoms with Gasteiger partial charge in [-0.1, -0.05) is 18.2 Å². The highest BCUT2D eigenvalue weighted by molar-refractivity contribution is 5.57. The van der Waals surface area contributed by atoms with Crippen molar-refractivity contribution in [2.24, 2.45) is 0 Å². The Morgan fingerprint density at radius 3 is 2.69 bits per heavy atom. The van der Waals surface area contributed by atoms with E-state index in [1.165, 1.54) is 12.2 Å². The molecule has 0 amide bonds. The molecule has 1 aliphatic rings. The van der Waals surface area contributed by atoms with Gasteiger partial charge in [-0.2, -0.15) is 0 Å². The highest BCUT2D eigenvalue weighted by Crippen LogP contribution is 2.23. The van der Waals surface area contributed by atoms with Crippen molar-refractivity contribution in [3.63, 3.8) is 0 Å². The summed E-state index contributed by atoms with van der Waals surface area (Å²) in [4.78, 5) is 20.0. The monoisotopic (exact) mass is 185 g/mol. The van der Waals surface area contributed by atoms with Gasteiger partial charge in [-0.05, 0) is 0 Å². The van der Waals surface area contributed by atoms with Crippen LogP contribution in [0.25, 0.3) is 0 Å². The molecule has 0 saturated carbocycles. The van der Waals surface area contributed by atoms with Crippen molar-refractivity contribution in [1.82, 2.24) is 0 Å². The first-order valence-electron chi connectivity index (χ1n) is 3.48. The van der Waals surface area contributed by atoms with Gasteiger partial charge < -0.3 is 9.84 Å². The summed E-state index contributed by atoms with van der Waals surface area (Å²) in [5.74, 6) is 0. The maximum atomic E-state index is 10.5. The van der Waals surface area contributed by atoms with Crippen LogP contribution in [0.4, 0.5) is 4.79 Å². The fourth-order valence-corrected chi connectivity index (χ4v) is 0.989. The van der Waals surface area contributed by atoms with Gasteiger partial charge in [-0.15, -0.1) is 0 Å². The Morgan fingerprint density at radius 1 is 1.62 bits per heavy atom. The van der Waals surface area contributed by atoms with Crippen molar-refractivity contribution < 1.29 is 19.6 Å². The average molecular weight is 185 g/mol. The number of nitrogens with zero attached hydrogens (tertiary/aromatic N) is 1. The Kier molecular flexibility index (Phi) is 2.32. The molecule has 1 unspecified atom stereocenters. The molecule has 1 aliphatic carbocycles. The fourth-order valence-electron chi connectivity index (χ4n) is 0.989. The molecule has 1 rings (SSSR count). The third kappa shape index (κ3) is 1.84. The number of rotatable bonds is 2. The molecule has 0 fully saturated rings. The second-order valence-electron chi connectivity index (χ2n) is 2.46. The minimum absolute atomic E-state index is 0.0806. The van der Waals surface area contributed by atoms with Crippen LogP contribution in [0, 0.1) is 10.1 Å². The van der Waals surface area contributed by atoms with E-state index < -0.39 is 16.8 Å². The molecule has 6 nitrogen and oxygen atoms in total. The normalized spacial score (nSPS) is 25.5. The number of hydrogen-bond acceptors (Lipinski definition) is 4. The van der Waals surface area contributed by atoms with Crippen molar-refractivity contribution in [1.29, 1.82) is 0 Å². The van der Waals surface area contributed by atoms with Gasteiger partial charge in [0.15, 0.2) is 0 Å². The third-order valence-electron chi connectivity index (χ3n) is 1.59. The van der Waals surface area contributed by atoms with E-state index in [4.69, 9.17) is 5.11 Å². The van der Waals surface area contributed by atoms with E-state index >= 15 is 0 Å². The molecule has 0 heterocycles. The zero-order valence-corrected chi connectivity index (χ0v) is 6.54. The minimum atomic E-state index is -1.94. The first-order valence-corrected chi connectivity index (χ1v) is 3.48. The SMILES string of the molecule is O=C(O)OC1([N+](=O)[O-])C=CC=CC1. The summed E-state index contributed by atoms with van der Waals surface area (Å²) in [5.41, 5.74) is -1.94. The lowest BCUT2D eigenvalue weighted by Gasteiger charge is -2.19. The topological polar surface area (TPSA) is 89.7 Å². The first-order chi connectivity index (χ1) is 6.07. The Bertz CT molecular complexity index is 295. The van der Waals surface area contributed by atoms with Crippen LogP contribution in [0.5, 0.6) is 0 Å². The summed E-state index contributed by atoms with van der Waals surface area (Å²) in [6.45, 7) is 0. The highest BCUT2D eigenvalue weighted by Gasteiger charge is 2.44. The largest absolute Gasteiger partial charge is 0.511 e. The predicted molar refractivity (Wildman–Crippen MR) is 41.7 cm³/mol. The van der Waals surface area contributed by atoms with Gasteiger partial charge in [0.2, 0.25) is 0 Å². The standard InChI is InChI=1S/C7H7NO5/c9-6(10)13-7(8(11)12)4-2-1-3-5-7/h1-4H,5H2,(H,9,10). The first kappa shape index (κ1) is 9.24. The van der Waals surface area contributed by atoms with Crippen LogP contribution in [-0.2, 0) is 4.74 Å². The second-order valence-corrected chi connectivity index (χ2v) is 2.46. The fraction of sp³-hybridized carbons (Fsp3) is 0.286. The lowest BCUT2D eigenvalue weighted by atomic mass is 10.1. The van der Waals surface area contributed by atoms with Crippen LogP contribution in [0.1, 0.15) is 6.42 Å². The van der Waals surface area contributed by atoms with E-state index in [2.05, 4.69) is 4.74 Å². The Morgan fingerprint density at radius 2 is 2.31 bits per heavy atom. The molecular formula is C7H7NO5. The molecule has 0 aliphatic heterocycles. The van der Waals surface area contributed by atoms with Crippen LogP contribution in [-0.4, -0.2) is 21.9 Å². The van der Waals surface area contributed by atoms with Crippen LogP contribution in [0.3, 0.4) is 0 Å². The van der Waals surface area contributed by atoms with E-state index in [0.29, 0.717) is 0 Å². The van der Waals surface area contributed by atoms with Crippen LogP contribution < -0.4 is 0 Å². The Balaban J connectivity index is 2.88. The van der Waals surface area contributed by atoms with E-state index in [9.17, 15) is 14.9 Å². The number of carboxylic acid groups (broad SMARTS) is 1. The molecule has 6 heteroatoms. The molecule has 0 bridgehead atoms. The van der Waals surface area contributed by atoms with Crippen LogP contribution in [0.2, 0.25) is 0 Å². The predicted octanol–water partition coefficient (Wildman–Crippen LogP) is 1.17. The number of hydrogen-bond donors (Lipinski definition) is 1. The number of ether oxygens (including phenoxy) is 1. The summed E-state index contributed by atoms with van der Waals surface area (Å²) in [6.07, 6.45) is 3.83. The molecule has 0 radical (unpaired) electrons. The second kappa shape index (κ2) is 3.26. The van der Waals surface area contributed by atoms with Crippen molar-refractivity contribution >= 4 is 6.16 Å². The smallest absolute Gasteiger partial charge is 0.450 e. The molecule has 1 atom stereocenters. The van der Waals surface area contributed by atoms with Crippen molar-refractivity contribution in [3.8, 4) is 0 Å². The maximum absolute atomic E-state index is 10.5. The molecule has 1 N–H and O–H groups in total. The summed E-state index contributed by atoms with van der Waals surface area (Å²) < 4.78 is 4.22. The van der Waals surface area contributed by atoms with Crippen molar-refractivity contribution in [2.75, 3.05) is 0 Å². The summed E-state index contributed by atoms with van der Waals surface area (Å²) in [6, 6.07) is 0. The van der Waals surface area contributed by atoms with Gasteiger partial charge in [0.1, 0.15) is 0 Å². The van der Waals surface area contributed by atoms with Gasteiger partial charge >= 0.3 is 11.9 Å². The number of allylic oxidation sites excluding steroid dienone is 2. The Labute approximate surface area is 73.3 Å². The molecule has 70 valence electrons. The molecule has 0 aromatic heterocycles. The summed E-state index contributed by atoms with van der Waals surface area (Å²) in [5, 5.41) is 18.8. The quantitative estimate of drug-likeness (QED) is 0.302. The highest BCUT2D eigenvalue weighted by atomic mass is 16.7. The van der Waals surface area contributed by atoms with E-state index in [1.807, 2.05) is 0 Å². The molecular weight excluding hydrogens is 178 g/mol. The minimum Gasteiger partial charge on any atom is -0.450 e. The van der Waals surface area contributed by atoms with Crippen LogP contribution in [0.15, 0.2) is 24.3 Å². The van der Waals surface area contributed by atoms with Gasteiger partial charge in [0, 0.05) is 6.08 Å². The van der Waals surface area contributed by atoms with E-state index in [-0.39, 0.29) is 6.42 Å². The Hall–Kier alpha value is -1.85. The van der Waals surface area contributed by atoms with Gasteiger partial charge in [0.25, 0.3) is 0 Å². The number of carbonyl (C=O) groups is 1. The zero-order valence-electron chi connectivity index (χ0n) is 6.54. The van der Waals surface area contributed by atoms with E-state index in [0.717, 1.165) is 6.08 Å². The lowest BCUT2D eigenvalue weighted by Crippen LogP contribution is -2.41. The summed E-state index contributed by atoms with van der Waals surface area (Å²) in [7, 11) is 0. The van der Waals surface area contributed by atoms with Crippen molar-refractivity contribution in [2.45, 2.75) is 12.1 Å². The van der Waals surface area contributed by atoms with E-state index in [1.54, 1.807) is 6.08 Å². The molecule has 0 aromatic rings. The van der Waals surface area contributed by atoms with Gasteiger partial charge in [-0.25, -0.2) is 4.79 Å². The average Bonchev–Trinajstić information content (AvgIpc) is 2.04. The van der Waals surface area contributed by atoms with Gasteiger partial charge in [0.05, 0.1) is 11.3 Å². The molecule has 0 aromatic carbocycles. The van der Waals surface area contributed by atoms with Gasteiger partial charge in [-0.3, -0.25) is 10.1 Å². The number of nitro groups is 1.